The van der Waals surface area contributed by atoms with E-state index in [0.29, 0.717) is 25.7 Å². The van der Waals surface area contributed by atoms with Crippen molar-refractivity contribution in [3.8, 4) is 0 Å². The first-order valence-electron chi connectivity index (χ1n) is 6.18. The lowest BCUT2D eigenvalue weighted by atomic mass is 10.0. The molecule has 0 unspecified atom stereocenters. The van der Waals surface area contributed by atoms with Gasteiger partial charge in [-0.3, -0.25) is 9.59 Å². The Labute approximate surface area is 103 Å². The monoisotopic (exact) mass is 232 g/mol. The Kier molecular flexibility index (Phi) is 5.61. The number of Topliss-reactive ketones (excluding diaryl/α,β-unsaturated/α-hetero) is 2. The number of rotatable bonds is 7. The molecule has 0 N–H and O–H groups in total. The highest BCUT2D eigenvalue weighted by Crippen LogP contribution is 2.07. The van der Waals surface area contributed by atoms with Crippen molar-refractivity contribution < 1.29 is 9.59 Å². The van der Waals surface area contributed by atoms with Crippen LogP contribution in [0.2, 0.25) is 0 Å². The smallest absolute Gasteiger partial charge is 0.137 e. The average Bonchev–Trinajstić information content (AvgIpc) is 2.30. The van der Waals surface area contributed by atoms with E-state index < -0.39 is 0 Å². The van der Waals surface area contributed by atoms with Gasteiger partial charge in [-0.1, -0.05) is 44.2 Å². The Morgan fingerprint density at radius 2 is 1.71 bits per heavy atom. The maximum Gasteiger partial charge on any atom is 0.137 e. The van der Waals surface area contributed by atoms with E-state index >= 15 is 0 Å². The van der Waals surface area contributed by atoms with Gasteiger partial charge in [0, 0.05) is 25.2 Å². The fraction of sp³-hybridized carbons (Fsp3) is 0.467. The summed E-state index contributed by atoms with van der Waals surface area (Å²) in [6.45, 7) is 3.79. The van der Waals surface area contributed by atoms with Crippen LogP contribution in [-0.2, 0) is 16.0 Å². The van der Waals surface area contributed by atoms with Crippen molar-refractivity contribution in [2.75, 3.05) is 0 Å². The van der Waals surface area contributed by atoms with E-state index in [0.717, 1.165) is 5.56 Å². The summed E-state index contributed by atoms with van der Waals surface area (Å²) in [5.41, 5.74) is 1.05. The van der Waals surface area contributed by atoms with Crippen molar-refractivity contribution in [1.82, 2.24) is 0 Å². The molecule has 92 valence electrons. The van der Waals surface area contributed by atoms with Gasteiger partial charge in [-0.05, 0) is 12.0 Å². The second-order valence-corrected chi connectivity index (χ2v) is 4.68. The molecule has 1 aromatic carbocycles. The van der Waals surface area contributed by atoms with Crippen molar-refractivity contribution in [3.63, 3.8) is 0 Å². The second-order valence-electron chi connectivity index (χ2n) is 4.68. The fourth-order valence-corrected chi connectivity index (χ4v) is 1.66. The molecule has 0 heterocycles. The normalized spacial score (nSPS) is 10.5. The molecule has 1 rings (SSSR count). The second kappa shape index (κ2) is 7.00. The minimum absolute atomic E-state index is 0.0826. The van der Waals surface area contributed by atoms with Crippen LogP contribution in [0.5, 0.6) is 0 Å². The average molecular weight is 232 g/mol. The third-order valence-electron chi connectivity index (χ3n) is 2.77. The number of carbonyl (C=O) groups is 2. The summed E-state index contributed by atoms with van der Waals surface area (Å²) >= 11 is 0. The van der Waals surface area contributed by atoms with Crippen LogP contribution in [0.3, 0.4) is 0 Å². The van der Waals surface area contributed by atoms with E-state index in [9.17, 15) is 9.59 Å². The minimum Gasteiger partial charge on any atom is -0.299 e. The third kappa shape index (κ3) is 5.43. The molecule has 0 saturated heterocycles. The van der Waals surface area contributed by atoms with Gasteiger partial charge in [0.15, 0.2) is 0 Å². The van der Waals surface area contributed by atoms with Crippen LogP contribution in [0.15, 0.2) is 30.3 Å². The molecule has 0 amide bonds. The predicted octanol–water partition coefficient (Wildman–Crippen LogP) is 3.19. The van der Waals surface area contributed by atoms with Crippen molar-refractivity contribution in [3.05, 3.63) is 35.9 Å². The van der Waals surface area contributed by atoms with E-state index in [1.165, 1.54) is 0 Å². The molecule has 17 heavy (non-hydrogen) atoms. The number of ketones is 2. The molecule has 0 spiro atoms. The molecule has 0 aliphatic carbocycles. The van der Waals surface area contributed by atoms with Gasteiger partial charge in [-0.15, -0.1) is 0 Å². The first-order chi connectivity index (χ1) is 8.09. The largest absolute Gasteiger partial charge is 0.299 e. The zero-order chi connectivity index (χ0) is 12.7. The molecule has 0 radical (unpaired) electrons. The molecule has 0 atom stereocenters. The molecule has 0 aliphatic heterocycles. The summed E-state index contributed by atoms with van der Waals surface area (Å²) in [5, 5.41) is 0. The topological polar surface area (TPSA) is 34.1 Å². The number of hydrogen-bond donors (Lipinski definition) is 0. The molecule has 0 aromatic heterocycles. The zero-order valence-electron chi connectivity index (χ0n) is 10.6. The number of benzene rings is 1. The van der Waals surface area contributed by atoms with Gasteiger partial charge >= 0.3 is 0 Å². The molecule has 2 nitrogen and oxygen atoms in total. The van der Waals surface area contributed by atoms with E-state index in [-0.39, 0.29) is 17.5 Å². The van der Waals surface area contributed by atoms with E-state index in [1.54, 1.807) is 0 Å². The van der Waals surface area contributed by atoms with Crippen molar-refractivity contribution >= 4 is 11.6 Å². The molecule has 0 aliphatic rings. The van der Waals surface area contributed by atoms with Crippen LogP contribution < -0.4 is 0 Å². The van der Waals surface area contributed by atoms with Gasteiger partial charge < -0.3 is 0 Å². The van der Waals surface area contributed by atoms with E-state index in [2.05, 4.69) is 0 Å². The Morgan fingerprint density at radius 1 is 1.06 bits per heavy atom. The summed E-state index contributed by atoms with van der Waals surface area (Å²) in [5.74, 6) is 0.546. The fourth-order valence-electron chi connectivity index (χ4n) is 1.66. The highest BCUT2D eigenvalue weighted by Gasteiger charge is 2.08. The lowest BCUT2D eigenvalue weighted by Gasteiger charge is -2.03. The molecule has 0 saturated carbocycles. The Bertz CT molecular complexity index is 366. The lowest BCUT2D eigenvalue weighted by Crippen LogP contribution is -2.08. The Hall–Kier alpha value is -1.44. The molecular weight excluding hydrogens is 212 g/mol. The lowest BCUT2D eigenvalue weighted by molar-refractivity contribution is -0.122. The first-order valence-corrected chi connectivity index (χ1v) is 6.18. The van der Waals surface area contributed by atoms with Gasteiger partial charge in [0.1, 0.15) is 11.6 Å². The minimum atomic E-state index is 0.0826. The van der Waals surface area contributed by atoms with E-state index in [4.69, 9.17) is 0 Å². The first kappa shape index (κ1) is 13.6. The SMILES string of the molecule is CC(C)C(=O)CCCC(=O)Cc1ccccc1. The van der Waals surface area contributed by atoms with Crippen molar-refractivity contribution in [1.29, 1.82) is 0 Å². The van der Waals surface area contributed by atoms with Crippen LogP contribution in [0.4, 0.5) is 0 Å². The summed E-state index contributed by atoms with van der Waals surface area (Å²) < 4.78 is 0. The van der Waals surface area contributed by atoms with Gasteiger partial charge in [0.05, 0.1) is 0 Å². The van der Waals surface area contributed by atoms with Crippen LogP contribution in [-0.4, -0.2) is 11.6 Å². The van der Waals surface area contributed by atoms with Crippen molar-refractivity contribution in [2.45, 2.75) is 39.5 Å². The number of hydrogen-bond acceptors (Lipinski definition) is 2. The summed E-state index contributed by atoms with van der Waals surface area (Å²) in [6.07, 6.45) is 2.20. The van der Waals surface area contributed by atoms with Crippen LogP contribution in [0.1, 0.15) is 38.7 Å². The molecule has 0 bridgehead atoms. The van der Waals surface area contributed by atoms with Gasteiger partial charge in [0.25, 0.3) is 0 Å². The molecule has 0 fully saturated rings. The van der Waals surface area contributed by atoms with E-state index in [1.807, 2.05) is 44.2 Å². The van der Waals surface area contributed by atoms with Crippen LogP contribution >= 0.6 is 0 Å². The highest BCUT2D eigenvalue weighted by atomic mass is 16.1. The zero-order valence-corrected chi connectivity index (χ0v) is 10.6. The molecular formula is C15H20O2. The van der Waals surface area contributed by atoms with Crippen LogP contribution in [0.25, 0.3) is 0 Å². The quantitative estimate of drug-likeness (QED) is 0.723. The summed E-state index contributed by atoms with van der Waals surface area (Å²) in [6, 6.07) is 9.72. The summed E-state index contributed by atoms with van der Waals surface area (Å²) in [7, 11) is 0. The maximum absolute atomic E-state index is 11.7. The number of carbonyl (C=O) groups excluding carboxylic acids is 2. The predicted molar refractivity (Wildman–Crippen MR) is 68.8 cm³/mol. The molecule has 2 heteroatoms. The maximum atomic E-state index is 11.7. The Balaban J connectivity index is 2.25. The highest BCUT2D eigenvalue weighted by molar-refractivity contribution is 5.83. The third-order valence-corrected chi connectivity index (χ3v) is 2.77. The van der Waals surface area contributed by atoms with Gasteiger partial charge in [0.2, 0.25) is 0 Å². The Morgan fingerprint density at radius 3 is 2.29 bits per heavy atom. The standard InChI is InChI=1S/C15H20O2/c1-12(2)15(17)10-6-9-14(16)11-13-7-4-3-5-8-13/h3-5,7-8,12H,6,9-11H2,1-2H3. The molecule has 1 aromatic rings. The van der Waals surface area contributed by atoms with Gasteiger partial charge in [-0.2, -0.15) is 0 Å². The van der Waals surface area contributed by atoms with Crippen LogP contribution in [0, 0.1) is 5.92 Å². The summed E-state index contributed by atoms with van der Waals surface area (Å²) in [4.78, 5) is 23.0. The van der Waals surface area contributed by atoms with Gasteiger partial charge in [-0.25, -0.2) is 0 Å². The van der Waals surface area contributed by atoms with Crippen molar-refractivity contribution in [2.24, 2.45) is 5.92 Å².